The van der Waals surface area contributed by atoms with E-state index >= 15 is 0 Å². The molecule has 0 saturated carbocycles. The highest BCUT2D eigenvalue weighted by Gasteiger charge is 2.38. The Labute approximate surface area is 161 Å². The lowest BCUT2D eigenvalue weighted by atomic mass is 10.2. The Bertz CT molecular complexity index is 1050. The smallest absolute Gasteiger partial charge is 0.287 e. The van der Waals surface area contributed by atoms with E-state index in [1.54, 1.807) is 34.7 Å². The first-order valence-electron chi connectivity index (χ1n) is 7.15. The molecule has 0 bridgehead atoms. The molecule has 136 valence electrons. The summed E-state index contributed by atoms with van der Waals surface area (Å²) < 4.78 is 64.3. The number of benzene rings is 1. The van der Waals surface area contributed by atoms with Crippen LogP contribution in [0, 0.1) is 3.70 Å². The van der Waals surface area contributed by atoms with Crippen LogP contribution in [-0.2, 0) is 16.0 Å². The van der Waals surface area contributed by atoms with E-state index in [2.05, 4.69) is 9.97 Å². The Morgan fingerprint density at radius 1 is 1.12 bits per heavy atom. The molecule has 5 nitrogen and oxygen atoms in total. The van der Waals surface area contributed by atoms with Gasteiger partial charge < -0.3 is 0 Å². The van der Waals surface area contributed by atoms with Gasteiger partial charge in [-0.15, -0.1) is 0 Å². The first-order valence-corrected chi connectivity index (χ1v) is 10.1. The average Bonchev–Trinajstić information content (AvgIpc) is 2.92. The minimum atomic E-state index is -4.62. The molecule has 2 heterocycles. The highest BCUT2D eigenvalue weighted by atomic mass is 127. The third kappa shape index (κ3) is 3.61. The number of nitrogens with zero attached hydrogens (tertiary/aromatic N) is 3. The molecule has 0 saturated heterocycles. The topological polar surface area (TPSA) is 64.8 Å². The SMILES string of the molecule is CS(=O)(=O)c1ccc(-n2c(-c3cccnc3)nc(C(F)(F)F)c2I)cc1. The number of imidazole rings is 1. The number of aromatic nitrogens is 3. The molecule has 3 rings (SSSR count). The van der Waals surface area contributed by atoms with Crippen LogP contribution in [-0.4, -0.2) is 29.2 Å². The van der Waals surface area contributed by atoms with Crippen molar-refractivity contribution in [2.45, 2.75) is 11.1 Å². The average molecular weight is 493 g/mol. The van der Waals surface area contributed by atoms with Crippen molar-refractivity contribution in [3.8, 4) is 17.1 Å². The molecule has 0 aliphatic rings. The van der Waals surface area contributed by atoms with Crippen LogP contribution in [0.25, 0.3) is 17.1 Å². The number of rotatable bonds is 3. The third-order valence-electron chi connectivity index (χ3n) is 3.53. The molecule has 0 aliphatic carbocycles. The molecule has 0 fully saturated rings. The highest BCUT2D eigenvalue weighted by molar-refractivity contribution is 14.1. The van der Waals surface area contributed by atoms with Crippen molar-refractivity contribution < 1.29 is 21.6 Å². The molecule has 10 heteroatoms. The predicted octanol–water partition coefficient (Wildman–Crippen LogP) is 3.96. The predicted molar refractivity (Wildman–Crippen MR) is 97.6 cm³/mol. The Balaban J connectivity index is 2.24. The molecular formula is C16H11F3IN3O2S. The fraction of sp³-hybridized carbons (Fsp3) is 0.125. The van der Waals surface area contributed by atoms with Gasteiger partial charge in [0.25, 0.3) is 0 Å². The number of pyridine rings is 1. The minimum Gasteiger partial charge on any atom is -0.287 e. The van der Waals surface area contributed by atoms with E-state index in [4.69, 9.17) is 0 Å². The van der Waals surface area contributed by atoms with Crippen molar-refractivity contribution in [3.05, 3.63) is 58.2 Å². The largest absolute Gasteiger partial charge is 0.436 e. The van der Waals surface area contributed by atoms with Crippen molar-refractivity contribution in [1.29, 1.82) is 0 Å². The number of hydrogen-bond acceptors (Lipinski definition) is 4. The normalized spacial score (nSPS) is 12.3. The second-order valence-electron chi connectivity index (χ2n) is 5.42. The van der Waals surface area contributed by atoms with Gasteiger partial charge in [-0.1, -0.05) is 0 Å². The van der Waals surface area contributed by atoms with Gasteiger partial charge in [-0.05, 0) is 59.0 Å². The van der Waals surface area contributed by atoms with Crippen molar-refractivity contribution in [2.24, 2.45) is 0 Å². The van der Waals surface area contributed by atoms with Crippen molar-refractivity contribution in [1.82, 2.24) is 14.5 Å². The van der Waals surface area contributed by atoms with Gasteiger partial charge in [0, 0.05) is 29.9 Å². The molecule has 1 aromatic carbocycles. The van der Waals surface area contributed by atoms with Crippen LogP contribution in [0.2, 0.25) is 0 Å². The fourth-order valence-corrected chi connectivity index (χ4v) is 3.91. The van der Waals surface area contributed by atoms with E-state index in [1.807, 2.05) is 0 Å². The Hall–Kier alpha value is -1.95. The van der Waals surface area contributed by atoms with Gasteiger partial charge in [0.2, 0.25) is 0 Å². The monoisotopic (exact) mass is 493 g/mol. The summed E-state index contributed by atoms with van der Waals surface area (Å²) in [6, 6.07) is 8.79. The molecule has 26 heavy (non-hydrogen) atoms. The Morgan fingerprint density at radius 2 is 1.77 bits per heavy atom. The van der Waals surface area contributed by atoms with Gasteiger partial charge in [-0.3, -0.25) is 9.55 Å². The number of sulfone groups is 1. The molecule has 2 aromatic heterocycles. The summed E-state index contributed by atoms with van der Waals surface area (Å²) in [5.74, 6) is 0.0712. The van der Waals surface area contributed by atoms with E-state index in [1.165, 1.54) is 41.2 Å². The van der Waals surface area contributed by atoms with E-state index in [0.29, 0.717) is 11.3 Å². The lowest BCUT2D eigenvalue weighted by Crippen LogP contribution is -2.08. The second-order valence-corrected chi connectivity index (χ2v) is 8.45. The molecular weight excluding hydrogens is 482 g/mol. The maximum absolute atomic E-state index is 13.3. The Kier molecular flexibility index (Phi) is 4.82. The van der Waals surface area contributed by atoms with Gasteiger partial charge in [0.15, 0.2) is 15.5 Å². The molecule has 0 atom stereocenters. The molecule has 0 spiro atoms. The lowest BCUT2D eigenvalue weighted by Gasteiger charge is -2.10. The van der Waals surface area contributed by atoms with Crippen molar-refractivity contribution in [3.63, 3.8) is 0 Å². The van der Waals surface area contributed by atoms with Crippen LogP contribution in [0.4, 0.5) is 13.2 Å². The maximum atomic E-state index is 13.3. The maximum Gasteiger partial charge on any atom is 0.436 e. The molecule has 0 radical (unpaired) electrons. The van der Waals surface area contributed by atoms with Crippen molar-refractivity contribution >= 4 is 32.4 Å². The molecule has 0 N–H and O–H groups in total. The van der Waals surface area contributed by atoms with E-state index in [9.17, 15) is 21.6 Å². The summed E-state index contributed by atoms with van der Waals surface area (Å²) >= 11 is 1.58. The summed E-state index contributed by atoms with van der Waals surface area (Å²) in [5.41, 5.74) is -0.235. The third-order valence-corrected chi connectivity index (χ3v) is 5.65. The van der Waals surface area contributed by atoms with Crippen LogP contribution in [0.5, 0.6) is 0 Å². The quantitative estimate of drug-likeness (QED) is 0.519. The molecule has 0 aliphatic heterocycles. The zero-order valence-corrected chi connectivity index (χ0v) is 16.2. The first-order chi connectivity index (χ1) is 12.1. The van der Waals surface area contributed by atoms with Gasteiger partial charge in [-0.2, -0.15) is 13.2 Å². The Morgan fingerprint density at radius 3 is 2.27 bits per heavy atom. The zero-order valence-electron chi connectivity index (χ0n) is 13.2. The summed E-state index contributed by atoms with van der Waals surface area (Å²) in [5, 5.41) is 0. The summed E-state index contributed by atoms with van der Waals surface area (Å²) in [7, 11) is -3.41. The highest BCUT2D eigenvalue weighted by Crippen LogP contribution is 2.36. The summed E-state index contributed by atoms with van der Waals surface area (Å²) in [6.07, 6.45) is -0.634. The van der Waals surface area contributed by atoms with Gasteiger partial charge >= 0.3 is 6.18 Å². The van der Waals surface area contributed by atoms with Gasteiger partial charge in [0.05, 0.1) is 4.90 Å². The van der Waals surface area contributed by atoms with Crippen LogP contribution < -0.4 is 0 Å². The fourth-order valence-electron chi connectivity index (χ4n) is 2.35. The minimum absolute atomic E-state index is 0.0712. The number of alkyl halides is 3. The summed E-state index contributed by atoms with van der Waals surface area (Å²) in [4.78, 5) is 7.78. The van der Waals surface area contributed by atoms with E-state index < -0.39 is 21.7 Å². The lowest BCUT2D eigenvalue weighted by molar-refractivity contribution is -0.141. The molecule has 0 amide bonds. The van der Waals surface area contributed by atoms with E-state index in [0.717, 1.165) is 6.26 Å². The zero-order chi connectivity index (χ0) is 19.1. The van der Waals surface area contributed by atoms with Crippen LogP contribution in [0.15, 0.2) is 53.7 Å². The molecule has 3 aromatic rings. The number of hydrogen-bond donors (Lipinski definition) is 0. The second kappa shape index (κ2) is 6.65. The van der Waals surface area contributed by atoms with Crippen LogP contribution in [0.3, 0.4) is 0 Å². The first kappa shape index (κ1) is 18.8. The summed E-state index contributed by atoms with van der Waals surface area (Å²) in [6.45, 7) is 0. The van der Waals surface area contributed by atoms with Crippen molar-refractivity contribution in [2.75, 3.05) is 6.26 Å². The van der Waals surface area contributed by atoms with E-state index in [-0.39, 0.29) is 14.4 Å². The van der Waals surface area contributed by atoms with Gasteiger partial charge in [-0.25, -0.2) is 13.4 Å². The van der Waals surface area contributed by atoms with Crippen LogP contribution >= 0.6 is 22.6 Å². The van der Waals surface area contributed by atoms with Gasteiger partial charge in [0.1, 0.15) is 9.53 Å². The molecule has 0 unspecified atom stereocenters. The standard InChI is InChI=1S/C16H11F3IN3O2S/c1-26(24,25)12-6-4-11(5-7-12)23-14(20)13(16(17,18)19)22-15(23)10-3-2-8-21-9-10/h2-9H,1H3. The number of halogens is 4. The van der Waals surface area contributed by atoms with Crippen LogP contribution in [0.1, 0.15) is 5.69 Å².